The van der Waals surface area contributed by atoms with Crippen LogP contribution in [0.4, 0.5) is 11.4 Å². The molecule has 5 rings (SSSR count). The van der Waals surface area contributed by atoms with E-state index in [0.29, 0.717) is 0 Å². The van der Waals surface area contributed by atoms with Gasteiger partial charge in [0.1, 0.15) is 0 Å². The van der Waals surface area contributed by atoms with Crippen LogP contribution in [0.25, 0.3) is 10.8 Å². The Morgan fingerprint density at radius 1 is 0.500 bits per heavy atom. The van der Waals surface area contributed by atoms with Crippen LogP contribution in [0.2, 0.25) is 0 Å². The third-order valence-corrected chi connectivity index (χ3v) is 7.80. The van der Waals surface area contributed by atoms with Crippen molar-refractivity contribution in [2.24, 2.45) is 9.98 Å². The summed E-state index contributed by atoms with van der Waals surface area (Å²) in [5.41, 5.74) is 14.0. The second-order valence-electron chi connectivity index (χ2n) is 13.0. The first-order chi connectivity index (χ1) is 17.8. The Kier molecular flexibility index (Phi) is 6.21. The summed E-state index contributed by atoms with van der Waals surface area (Å²) >= 11 is 0. The molecule has 0 saturated heterocycles. The maximum atomic E-state index is 5.40. The predicted molar refractivity (Wildman–Crippen MR) is 166 cm³/mol. The first-order valence-electron chi connectivity index (χ1n) is 13.7. The van der Waals surface area contributed by atoms with E-state index in [1.807, 2.05) is 0 Å². The molecule has 0 saturated carbocycles. The number of aliphatic imine (C=N–C) groups is 2. The summed E-state index contributed by atoms with van der Waals surface area (Å²) in [5.74, 6) is 0. The molecule has 4 aromatic carbocycles. The van der Waals surface area contributed by atoms with Gasteiger partial charge in [-0.1, -0.05) is 102 Å². The molecule has 2 nitrogen and oxygen atoms in total. The quantitative estimate of drug-likeness (QED) is 0.262. The van der Waals surface area contributed by atoms with Gasteiger partial charge < -0.3 is 0 Å². The Hall–Kier alpha value is -3.52. The number of benzene rings is 4. The lowest BCUT2D eigenvalue weighted by atomic mass is 9.84. The second kappa shape index (κ2) is 9.05. The normalized spacial score (nSPS) is 15.7. The van der Waals surface area contributed by atoms with Crippen molar-refractivity contribution >= 4 is 33.6 Å². The lowest BCUT2D eigenvalue weighted by Crippen LogP contribution is -2.13. The first kappa shape index (κ1) is 26.1. The molecule has 38 heavy (non-hydrogen) atoms. The van der Waals surface area contributed by atoms with Crippen LogP contribution in [0.1, 0.15) is 86.1 Å². The highest BCUT2D eigenvalue weighted by Gasteiger charge is 2.28. The van der Waals surface area contributed by atoms with Crippen LogP contribution >= 0.6 is 0 Å². The van der Waals surface area contributed by atoms with Gasteiger partial charge in [0.25, 0.3) is 0 Å². The summed E-state index contributed by atoms with van der Waals surface area (Å²) in [4.78, 5) is 10.8. The van der Waals surface area contributed by atoms with E-state index in [1.165, 1.54) is 44.2 Å². The second-order valence-corrected chi connectivity index (χ2v) is 13.0. The van der Waals surface area contributed by atoms with Crippen LogP contribution < -0.4 is 0 Å². The summed E-state index contributed by atoms with van der Waals surface area (Å²) in [6.07, 6.45) is 0. The SMILES string of the molecule is Cc1cc(C(C)(C)C)cc(C)c1N=C1C(=Nc2c(C)cc(C(C)(C)C)cc2C)c2cccc3cccc1c23. The molecule has 0 aliphatic heterocycles. The molecule has 1 aliphatic carbocycles. The van der Waals surface area contributed by atoms with E-state index >= 15 is 0 Å². The number of aryl methyl sites for hydroxylation is 4. The van der Waals surface area contributed by atoms with Gasteiger partial charge in [0.2, 0.25) is 0 Å². The van der Waals surface area contributed by atoms with Crippen molar-refractivity contribution in [3.05, 3.63) is 105 Å². The number of hydrogen-bond donors (Lipinski definition) is 0. The van der Waals surface area contributed by atoms with Crippen molar-refractivity contribution < 1.29 is 0 Å². The van der Waals surface area contributed by atoms with E-state index in [1.54, 1.807) is 0 Å². The topological polar surface area (TPSA) is 24.7 Å². The maximum absolute atomic E-state index is 5.40. The molecule has 0 aromatic heterocycles. The zero-order valence-corrected chi connectivity index (χ0v) is 24.7. The van der Waals surface area contributed by atoms with Crippen LogP contribution in [0.3, 0.4) is 0 Å². The van der Waals surface area contributed by atoms with Crippen LogP contribution in [0.5, 0.6) is 0 Å². The van der Waals surface area contributed by atoms with Crippen molar-refractivity contribution in [3.8, 4) is 0 Å². The van der Waals surface area contributed by atoms with Gasteiger partial charge in [-0.3, -0.25) is 0 Å². The smallest absolute Gasteiger partial charge is 0.0979 e. The molecule has 1 aliphatic rings. The molecule has 0 radical (unpaired) electrons. The number of nitrogens with zero attached hydrogens (tertiary/aromatic N) is 2. The highest BCUT2D eigenvalue weighted by molar-refractivity contribution is 6.61. The van der Waals surface area contributed by atoms with E-state index < -0.39 is 0 Å². The van der Waals surface area contributed by atoms with Gasteiger partial charge >= 0.3 is 0 Å². The zero-order chi connectivity index (χ0) is 27.6. The summed E-state index contributed by atoms with van der Waals surface area (Å²) in [6, 6.07) is 22.2. The molecule has 0 spiro atoms. The Morgan fingerprint density at radius 3 is 1.16 bits per heavy atom. The van der Waals surface area contributed by atoms with E-state index in [0.717, 1.165) is 33.9 Å². The fourth-order valence-corrected chi connectivity index (χ4v) is 5.57. The third-order valence-electron chi connectivity index (χ3n) is 7.80. The lowest BCUT2D eigenvalue weighted by Gasteiger charge is -2.22. The molecule has 0 N–H and O–H groups in total. The molecule has 4 aromatic rings. The van der Waals surface area contributed by atoms with Gasteiger partial charge in [0.05, 0.1) is 22.8 Å². The third kappa shape index (κ3) is 4.51. The molecule has 0 bridgehead atoms. The average Bonchev–Trinajstić information content (AvgIpc) is 3.11. The lowest BCUT2D eigenvalue weighted by molar-refractivity contribution is 0.589. The number of rotatable bonds is 2. The number of hydrogen-bond acceptors (Lipinski definition) is 2. The molecule has 0 unspecified atom stereocenters. The molecular formula is C36H40N2. The molecule has 0 amide bonds. The largest absolute Gasteiger partial charge is 0.246 e. The molecule has 0 atom stereocenters. The standard InChI is InChI=1S/C36H40N2/c1-21-17-26(35(5,6)7)18-22(2)31(21)37-33-28-15-11-13-25-14-12-16-29(30(25)28)34(33)38-32-23(3)19-27(20-24(32)4)36(8,9)10/h11-20H,1-10H3. The van der Waals surface area contributed by atoms with Gasteiger partial charge in [-0.05, 0) is 77.3 Å². The van der Waals surface area contributed by atoms with Crippen LogP contribution in [-0.4, -0.2) is 11.4 Å². The minimum atomic E-state index is 0.0945. The van der Waals surface area contributed by atoms with E-state index in [4.69, 9.17) is 9.98 Å². The predicted octanol–water partition coefficient (Wildman–Crippen LogP) is 9.92. The van der Waals surface area contributed by atoms with Crippen molar-refractivity contribution in [2.75, 3.05) is 0 Å². The Balaban J connectivity index is 1.77. The first-order valence-corrected chi connectivity index (χ1v) is 13.7. The highest BCUT2D eigenvalue weighted by Crippen LogP contribution is 2.38. The van der Waals surface area contributed by atoms with E-state index in [-0.39, 0.29) is 10.8 Å². The molecule has 0 fully saturated rings. The Morgan fingerprint density at radius 2 is 0.842 bits per heavy atom. The highest BCUT2D eigenvalue weighted by atomic mass is 14.8. The Bertz CT molecular complexity index is 1480. The monoisotopic (exact) mass is 500 g/mol. The fraction of sp³-hybridized carbons (Fsp3) is 0.333. The fourth-order valence-electron chi connectivity index (χ4n) is 5.57. The molecular weight excluding hydrogens is 460 g/mol. The average molecular weight is 501 g/mol. The Labute approximate surface area is 228 Å². The van der Waals surface area contributed by atoms with Crippen LogP contribution in [0.15, 0.2) is 70.6 Å². The van der Waals surface area contributed by atoms with Gasteiger partial charge in [-0.2, -0.15) is 0 Å². The van der Waals surface area contributed by atoms with E-state index in [2.05, 4.69) is 130 Å². The maximum Gasteiger partial charge on any atom is 0.0979 e. The minimum absolute atomic E-state index is 0.0945. The molecule has 194 valence electrons. The molecule has 0 heterocycles. The summed E-state index contributed by atoms with van der Waals surface area (Å²) in [6.45, 7) is 22.3. The van der Waals surface area contributed by atoms with E-state index in [9.17, 15) is 0 Å². The van der Waals surface area contributed by atoms with Gasteiger partial charge in [0.15, 0.2) is 0 Å². The van der Waals surface area contributed by atoms with Gasteiger partial charge in [0, 0.05) is 16.5 Å². The van der Waals surface area contributed by atoms with Crippen molar-refractivity contribution in [1.29, 1.82) is 0 Å². The summed E-state index contributed by atoms with van der Waals surface area (Å²) in [5, 5.41) is 2.47. The van der Waals surface area contributed by atoms with Crippen molar-refractivity contribution in [2.45, 2.75) is 80.1 Å². The van der Waals surface area contributed by atoms with Crippen molar-refractivity contribution in [3.63, 3.8) is 0 Å². The van der Waals surface area contributed by atoms with Crippen LogP contribution in [0, 0.1) is 27.7 Å². The summed E-state index contributed by atoms with van der Waals surface area (Å²) < 4.78 is 0. The minimum Gasteiger partial charge on any atom is -0.246 e. The molecule has 2 heteroatoms. The van der Waals surface area contributed by atoms with Gasteiger partial charge in [-0.15, -0.1) is 0 Å². The van der Waals surface area contributed by atoms with Crippen molar-refractivity contribution in [1.82, 2.24) is 0 Å². The van der Waals surface area contributed by atoms with Gasteiger partial charge in [-0.25, -0.2) is 9.98 Å². The zero-order valence-electron chi connectivity index (χ0n) is 24.7. The van der Waals surface area contributed by atoms with Crippen LogP contribution in [-0.2, 0) is 10.8 Å². The summed E-state index contributed by atoms with van der Waals surface area (Å²) in [7, 11) is 0.